The van der Waals surface area contributed by atoms with E-state index in [2.05, 4.69) is 17.1 Å². The molecule has 6 nitrogen and oxygen atoms in total. The van der Waals surface area contributed by atoms with Crippen LogP contribution < -0.4 is 5.32 Å². The fourth-order valence-electron chi connectivity index (χ4n) is 4.97. The van der Waals surface area contributed by atoms with Gasteiger partial charge in [-0.3, -0.25) is 4.79 Å². The van der Waals surface area contributed by atoms with Crippen molar-refractivity contribution in [3.05, 3.63) is 34.7 Å². The van der Waals surface area contributed by atoms with Crippen molar-refractivity contribution in [2.75, 3.05) is 31.6 Å². The van der Waals surface area contributed by atoms with Crippen LogP contribution in [0.25, 0.3) is 4.85 Å². The summed E-state index contributed by atoms with van der Waals surface area (Å²) in [7, 11) is 0. The molecule has 0 spiro atoms. The molecule has 29 heavy (non-hydrogen) atoms. The summed E-state index contributed by atoms with van der Waals surface area (Å²) < 4.78 is 6.04. The first-order chi connectivity index (χ1) is 13.9. The lowest BCUT2D eigenvalue weighted by molar-refractivity contribution is -0.950. The Morgan fingerprint density at radius 1 is 1.17 bits per heavy atom. The smallest absolute Gasteiger partial charge is 0.338 e. The Labute approximate surface area is 173 Å². The monoisotopic (exact) mass is 398 g/mol. The maximum atomic E-state index is 13.6. The van der Waals surface area contributed by atoms with Crippen molar-refractivity contribution in [2.24, 2.45) is 0 Å². The predicted molar refractivity (Wildman–Crippen MR) is 113 cm³/mol. The van der Waals surface area contributed by atoms with Crippen LogP contribution in [-0.4, -0.2) is 48.1 Å². The van der Waals surface area contributed by atoms with Crippen LogP contribution in [0.3, 0.4) is 0 Å². The van der Waals surface area contributed by atoms with E-state index in [9.17, 15) is 9.59 Å². The minimum Gasteiger partial charge on any atom is -0.462 e. The van der Waals surface area contributed by atoms with Gasteiger partial charge < -0.3 is 14.5 Å². The van der Waals surface area contributed by atoms with Gasteiger partial charge in [0, 0.05) is 12.8 Å². The molecule has 156 valence electrons. The van der Waals surface area contributed by atoms with E-state index < -0.39 is 11.5 Å². The summed E-state index contributed by atoms with van der Waals surface area (Å²) in [6, 6.07) is 3.23. The number of esters is 1. The molecule has 1 aromatic carbocycles. The molecule has 0 unspecified atom stereocenters. The van der Waals surface area contributed by atoms with Crippen LogP contribution in [0, 0.1) is 13.5 Å². The molecule has 2 fully saturated rings. The van der Waals surface area contributed by atoms with E-state index in [4.69, 9.17) is 11.3 Å². The highest BCUT2D eigenvalue weighted by atomic mass is 16.5. The molecule has 0 aromatic heterocycles. The lowest BCUT2D eigenvalue weighted by Gasteiger charge is -2.43. The zero-order chi connectivity index (χ0) is 21.1. The molecule has 0 atom stereocenters. The van der Waals surface area contributed by atoms with Crippen molar-refractivity contribution in [1.29, 1.82) is 0 Å². The minimum absolute atomic E-state index is 0.00506. The summed E-state index contributed by atoms with van der Waals surface area (Å²) in [5.41, 5.74) is 1.44. The van der Waals surface area contributed by atoms with Gasteiger partial charge in [0.1, 0.15) is 0 Å². The number of hydrogen-bond donors (Lipinski definition) is 1. The average molecular weight is 399 g/mol. The van der Waals surface area contributed by atoms with E-state index in [0.717, 1.165) is 49.8 Å². The van der Waals surface area contributed by atoms with Gasteiger partial charge in [-0.25, -0.2) is 9.64 Å². The number of carbonyl (C=O) groups excluding carboxylic acids is 2. The molecule has 1 aromatic rings. The lowest BCUT2D eigenvalue weighted by atomic mass is 10.0. The summed E-state index contributed by atoms with van der Waals surface area (Å²) in [6.07, 6.45) is 6.58. The maximum Gasteiger partial charge on any atom is 0.338 e. The second-order valence-electron chi connectivity index (χ2n) is 8.33. The van der Waals surface area contributed by atoms with E-state index in [1.165, 1.54) is 18.9 Å². The molecule has 1 heterocycles. The Balaban J connectivity index is 1.94. The highest BCUT2D eigenvalue weighted by Gasteiger charge is 2.64. The van der Waals surface area contributed by atoms with Crippen LogP contribution >= 0.6 is 0 Å². The van der Waals surface area contributed by atoms with E-state index in [1.807, 2.05) is 6.92 Å². The van der Waals surface area contributed by atoms with Gasteiger partial charge in [0.05, 0.1) is 44.1 Å². The highest BCUT2D eigenvalue weighted by Crippen LogP contribution is 2.49. The number of carbonyl (C=O) groups is 2. The normalized spacial score (nSPS) is 19.5. The van der Waals surface area contributed by atoms with Gasteiger partial charge in [-0.05, 0) is 58.1 Å². The Hall–Kier alpha value is -2.39. The zero-order valence-corrected chi connectivity index (χ0v) is 17.8. The predicted octanol–water partition coefficient (Wildman–Crippen LogP) is 4.60. The Morgan fingerprint density at radius 2 is 1.83 bits per heavy atom. The molecule has 0 radical (unpaired) electrons. The topological polar surface area (TPSA) is 59.8 Å². The number of aryl methyl sites for hydroxylation is 1. The van der Waals surface area contributed by atoms with Gasteiger partial charge in [-0.15, -0.1) is 0 Å². The second kappa shape index (κ2) is 8.54. The third kappa shape index (κ3) is 3.89. The summed E-state index contributed by atoms with van der Waals surface area (Å²) in [6.45, 7) is 16.3. The third-order valence-corrected chi connectivity index (χ3v) is 6.77. The maximum absolute atomic E-state index is 13.6. The molecular formula is C23H32N3O3+. The number of nitrogens with zero attached hydrogens (tertiary/aromatic N) is 2. The van der Waals surface area contributed by atoms with Crippen LogP contribution in [0.1, 0.15) is 68.3 Å². The summed E-state index contributed by atoms with van der Waals surface area (Å²) in [4.78, 5) is 29.5. The summed E-state index contributed by atoms with van der Waals surface area (Å²) >= 11 is 0. The lowest BCUT2D eigenvalue weighted by Crippen LogP contribution is -2.62. The van der Waals surface area contributed by atoms with E-state index in [1.54, 1.807) is 13.0 Å². The van der Waals surface area contributed by atoms with Crippen molar-refractivity contribution in [3.8, 4) is 0 Å². The van der Waals surface area contributed by atoms with Crippen molar-refractivity contribution in [2.45, 2.75) is 64.8 Å². The van der Waals surface area contributed by atoms with Gasteiger partial charge >= 0.3 is 5.97 Å². The van der Waals surface area contributed by atoms with Crippen LogP contribution in [0.15, 0.2) is 12.1 Å². The molecule has 6 heteroatoms. The van der Waals surface area contributed by atoms with Gasteiger partial charge in [0.2, 0.25) is 0 Å². The number of ether oxygens (including phenoxy) is 1. The zero-order valence-electron chi connectivity index (χ0n) is 17.8. The van der Waals surface area contributed by atoms with Gasteiger partial charge in [0.25, 0.3) is 5.91 Å². The van der Waals surface area contributed by atoms with E-state index >= 15 is 0 Å². The van der Waals surface area contributed by atoms with Gasteiger partial charge in [0.15, 0.2) is 11.2 Å². The fourth-order valence-corrected chi connectivity index (χ4v) is 4.97. The quantitative estimate of drug-likeness (QED) is 0.433. The molecule has 3 rings (SSSR count). The molecule has 2 aliphatic rings. The molecule has 1 saturated carbocycles. The summed E-state index contributed by atoms with van der Waals surface area (Å²) in [5, 5.41) is 3.09. The number of rotatable bonds is 6. The number of amides is 1. The van der Waals surface area contributed by atoms with Gasteiger partial charge in [-0.1, -0.05) is 6.07 Å². The number of likely N-dealkylation sites (tertiary alicyclic amines) is 1. The molecule has 0 bridgehead atoms. The highest BCUT2D eigenvalue weighted by molar-refractivity contribution is 6.06. The minimum atomic E-state index is -0.504. The van der Waals surface area contributed by atoms with Crippen molar-refractivity contribution >= 4 is 23.3 Å². The number of likely N-dealkylation sites (N-methyl/N-ethyl adjacent to an activating group) is 1. The number of nitrogens with one attached hydrogen (secondary N) is 1. The molecule has 1 aliphatic heterocycles. The van der Waals surface area contributed by atoms with Crippen molar-refractivity contribution < 1.29 is 18.8 Å². The molecule has 1 saturated heterocycles. The SMILES string of the molecule is [C-]#[N+]c1cc(C)c(NC(=O)C2([N+]3(CC)CCCCCC3)CC2)c(C(=O)OCC)c1. The van der Waals surface area contributed by atoms with E-state index in [-0.39, 0.29) is 18.1 Å². The first-order valence-electron chi connectivity index (χ1n) is 10.8. The summed E-state index contributed by atoms with van der Waals surface area (Å²) in [5.74, 6) is -0.499. The average Bonchev–Trinajstić information content (AvgIpc) is 3.54. The van der Waals surface area contributed by atoms with Crippen molar-refractivity contribution in [1.82, 2.24) is 0 Å². The fraction of sp³-hybridized carbons (Fsp3) is 0.609. The molecular weight excluding hydrogens is 366 g/mol. The largest absolute Gasteiger partial charge is 0.462 e. The van der Waals surface area contributed by atoms with Crippen molar-refractivity contribution in [3.63, 3.8) is 0 Å². The van der Waals surface area contributed by atoms with Crippen LogP contribution in [0.2, 0.25) is 0 Å². The Kier molecular flexibility index (Phi) is 6.28. The Bertz CT molecular complexity index is 829. The molecule has 1 N–H and O–H groups in total. The number of quaternary nitrogens is 1. The first-order valence-corrected chi connectivity index (χ1v) is 10.8. The molecule has 1 amide bonds. The Morgan fingerprint density at radius 3 is 2.34 bits per heavy atom. The van der Waals surface area contributed by atoms with E-state index in [0.29, 0.717) is 16.9 Å². The number of benzene rings is 1. The van der Waals surface area contributed by atoms with Crippen LogP contribution in [0.5, 0.6) is 0 Å². The number of anilines is 1. The van der Waals surface area contributed by atoms with Crippen LogP contribution in [0.4, 0.5) is 11.4 Å². The second-order valence-corrected chi connectivity index (χ2v) is 8.33. The third-order valence-electron chi connectivity index (χ3n) is 6.77. The van der Waals surface area contributed by atoms with Crippen LogP contribution in [-0.2, 0) is 9.53 Å². The standard InChI is InChI=1S/C23H31N3O3/c1-5-26(13-9-7-8-10-14-26)23(11-12-23)22(28)25-20-17(3)15-18(24-4)16-19(20)21(27)29-6-2/h15-16H,5-14H2,1-3H3/p+1. The molecule has 1 aliphatic carbocycles. The first kappa shape index (κ1) is 21.3. The van der Waals surface area contributed by atoms with Gasteiger partial charge in [-0.2, -0.15) is 0 Å². The number of hydrogen-bond acceptors (Lipinski definition) is 3.